The number of hydrogen-bond donors (Lipinski definition) is 1. The normalized spacial score (nSPS) is 18.5. The van der Waals surface area contributed by atoms with Gasteiger partial charge in [0.1, 0.15) is 17.6 Å². The van der Waals surface area contributed by atoms with E-state index in [4.69, 9.17) is 9.47 Å². The number of thiophene rings is 1. The number of anilines is 1. The SMILES string of the molecule is CC1(C)OC[C@H](CNc2nnc(-c3ccc4c(F)csc4c3)c3ccncc23)O1. The van der Waals surface area contributed by atoms with E-state index in [0.29, 0.717) is 24.4 Å². The van der Waals surface area contributed by atoms with Gasteiger partial charge in [-0.1, -0.05) is 6.07 Å². The lowest BCUT2D eigenvalue weighted by molar-refractivity contribution is -0.136. The van der Waals surface area contributed by atoms with E-state index in [-0.39, 0.29) is 11.9 Å². The van der Waals surface area contributed by atoms with Gasteiger partial charge in [-0.25, -0.2) is 4.39 Å². The van der Waals surface area contributed by atoms with E-state index in [1.54, 1.807) is 18.5 Å². The number of hydrogen-bond acceptors (Lipinski definition) is 7. The Bertz CT molecular complexity index is 1210. The Morgan fingerprint density at radius 1 is 1.21 bits per heavy atom. The highest BCUT2D eigenvalue weighted by molar-refractivity contribution is 7.17. The highest BCUT2D eigenvalue weighted by atomic mass is 32.1. The lowest BCUT2D eigenvalue weighted by Crippen LogP contribution is -2.26. The van der Waals surface area contributed by atoms with Crippen LogP contribution in [-0.2, 0) is 9.47 Å². The molecule has 0 bridgehead atoms. The number of ether oxygens (including phenoxy) is 2. The Kier molecular flexibility index (Phi) is 4.42. The Balaban J connectivity index is 1.49. The fraction of sp³-hybridized carbons (Fsp3) is 0.286. The van der Waals surface area contributed by atoms with Gasteiger partial charge in [-0.2, -0.15) is 0 Å². The highest BCUT2D eigenvalue weighted by Gasteiger charge is 2.32. The van der Waals surface area contributed by atoms with Crippen LogP contribution in [0.4, 0.5) is 10.2 Å². The van der Waals surface area contributed by atoms with Gasteiger partial charge in [-0.3, -0.25) is 4.98 Å². The summed E-state index contributed by atoms with van der Waals surface area (Å²) in [5.41, 5.74) is 1.63. The number of nitrogens with zero attached hydrogens (tertiary/aromatic N) is 3. The Morgan fingerprint density at radius 2 is 2.10 bits per heavy atom. The topological polar surface area (TPSA) is 69.2 Å². The largest absolute Gasteiger partial charge is 0.365 e. The number of rotatable bonds is 4. The molecule has 5 rings (SSSR count). The van der Waals surface area contributed by atoms with Crippen molar-refractivity contribution >= 4 is 38.0 Å². The molecule has 0 aliphatic carbocycles. The van der Waals surface area contributed by atoms with Crippen LogP contribution in [0.1, 0.15) is 13.8 Å². The summed E-state index contributed by atoms with van der Waals surface area (Å²) in [6.45, 7) is 4.88. The van der Waals surface area contributed by atoms with Crippen molar-refractivity contribution in [2.24, 2.45) is 0 Å². The van der Waals surface area contributed by atoms with E-state index in [2.05, 4.69) is 20.5 Å². The second kappa shape index (κ2) is 6.98. The average molecular weight is 410 g/mol. The van der Waals surface area contributed by atoms with Gasteiger partial charge in [0.25, 0.3) is 0 Å². The van der Waals surface area contributed by atoms with Crippen molar-refractivity contribution in [1.82, 2.24) is 15.2 Å². The molecule has 29 heavy (non-hydrogen) atoms. The van der Waals surface area contributed by atoms with Crippen molar-refractivity contribution in [2.75, 3.05) is 18.5 Å². The van der Waals surface area contributed by atoms with Crippen LogP contribution in [0.15, 0.2) is 42.0 Å². The van der Waals surface area contributed by atoms with E-state index >= 15 is 0 Å². The molecule has 1 saturated heterocycles. The molecule has 1 aromatic carbocycles. The van der Waals surface area contributed by atoms with Crippen LogP contribution in [0.25, 0.3) is 32.1 Å². The number of nitrogens with one attached hydrogen (secondary N) is 1. The molecule has 1 atom stereocenters. The second-order valence-electron chi connectivity index (χ2n) is 7.44. The lowest BCUT2D eigenvalue weighted by Gasteiger charge is -2.17. The summed E-state index contributed by atoms with van der Waals surface area (Å²) < 4.78 is 26.1. The van der Waals surface area contributed by atoms with E-state index < -0.39 is 5.79 Å². The Hall–Kier alpha value is -2.68. The van der Waals surface area contributed by atoms with Crippen LogP contribution in [0.2, 0.25) is 0 Å². The summed E-state index contributed by atoms with van der Waals surface area (Å²) in [7, 11) is 0. The van der Waals surface area contributed by atoms with Crippen LogP contribution in [-0.4, -0.2) is 40.2 Å². The van der Waals surface area contributed by atoms with Gasteiger partial charge in [0, 0.05) is 50.7 Å². The van der Waals surface area contributed by atoms with Crippen molar-refractivity contribution in [2.45, 2.75) is 25.7 Å². The van der Waals surface area contributed by atoms with Crippen LogP contribution in [0.3, 0.4) is 0 Å². The van der Waals surface area contributed by atoms with E-state index in [1.165, 1.54) is 16.7 Å². The molecule has 3 aromatic heterocycles. The minimum Gasteiger partial charge on any atom is -0.365 e. The van der Waals surface area contributed by atoms with Gasteiger partial charge >= 0.3 is 0 Å². The molecule has 148 valence electrons. The maximum atomic E-state index is 13.8. The van der Waals surface area contributed by atoms with Crippen LogP contribution in [0, 0.1) is 5.82 Å². The molecule has 1 N–H and O–H groups in total. The zero-order valence-corrected chi connectivity index (χ0v) is 16.8. The number of fused-ring (bicyclic) bond motifs is 2. The molecule has 1 aliphatic heterocycles. The number of benzene rings is 1. The summed E-state index contributed by atoms with van der Waals surface area (Å²) in [6.07, 6.45) is 3.45. The standard InChI is InChI=1S/C21H19FN4O2S/c1-21(2)27-10-13(28-21)8-24-20-16-9-23-6-5-14(16)19(25-26-20)12-3-4-15-17(22)11-29-18(15)7-12/h3-7,9,11,13H,8,10H2,1-2H3,(H,24,26)/t13-/m0/s1. The molecular weight excluding hydrogens is 391 g/mol. The van der Waals surface area contributed by atoms with Crippen LogP contribution < -0.4 is 5.32 Å². The lowest BCUT2D eigenvalue weighted by atomic mass is 10.1. The zero-order chi connectivity index (χ0) is 20.0. The first-order valence-corrected chi connectivity index (χ1v) is 10.2. The third kappa shape index (κ3) is 3.43. The number of halogens is 1. The predicted molar refractivity (Wildman–Crippen MR) is 112 cm³/mol. The summed E-state index contributed by atoms with van der Waals surface area (Å²) in [6, 6.07) is 7.53. The van der Waals surface area contributed by atoms with E-state index in [9.17, 15) is 4.39 Å². The molecule has 0 spiro atoms. The van der Waals surface area contributed by atoms with Gasteiger partial charge < -0.3 is 14.8 Å². The molecule has 1 aliphatic rings. The third-order valence-corrected chi connectivity index (χ3v) is 5.86. The molecule has 8 heteroatoms. The first-order chi connectivity index (χ1) is 14.0. The Morgan fingerprint density at radius 3 is 2.93 bits per heavy atom. The van der Waals surface area contributed by atoms with Gasteiger partial charge in [0.2, 0.25) is 0 Å². The van der Waals surface area contributed by atoms with Gasteiger partial charge in [0.05, 0.1) is 6.61 Å². The molecule has 4 aromatic rings. The maximum absolute atomic E-state index is 13.8. The molecule has 0 unspecified atom stereocenters. The summed E-state index contributed by atoms with van der Waals surface area (Å²) >= 11 is 1.38. The first-order valence-electron chi connectivity index (χ1n) is 9.33. The minimum absolute atomic E-state index is 0.0608. The fourth-order valence-corrected chi connectivity index (χ4v) is 4.40. The van der Waals surface area contributed by atoms with Crippen LogP contribution >= 0.6 is 11.3 Å². The number of pyridine rings is 1. The van der Waals surface area contributed by atoms with Crippen molar-refractivity contribution in [3.05, 3.63) is 47.9 Å². The van der Waals surface area contributed by atoms with Crippen LogP contribution in [0.5, 0.6) is 0 Å². The molecule has 0 amide bonds. The van der Waals surface area contributed by atoms with Crippen molar-refractivity contribution in [1.29, 1.82) is 0 Å². The quantitative estimate of drug-likeness (QED) is 0.530. The Labute approximate surface area is 170 Å². The zero-order valence-electron chi connectivity index (χ0n) is 16.0. The van der Waals surface area contributed by atoms with Gasteiger partial charge in [-0.15, -0.1) is 21.5 Å². The summed E-state index contributed by atoms with van der Waals surface area (Å²) in [5, 5.41) is 16.1. The average Bonchev–Trinajstić information content (AvgIpc) is 3.27. The van der Waals surface area contributed by atoms with Gasteiger partial charge in [0.15, 0.2) is 11.6 Å². The molecule has 6 nitrogen and oxygen atoms in total. The first kappa shape index (κ1) is 18.4. The van der Waals surface area contributed by atoms with Gasteiger partial charge in [-0.05, 0) is 32.0 Å². The fourth-order valence-electron chi connectivity index (χ4n) is 3.56. The number of aromatic nitrogens is 3. The highest BCUT2D eigenvalue weighted by Crippen LogP contribution is 2.33. The third-order valence-electron chi connectivity index (χ3n) is 4.95. The molecule has 1 fully saturated rings. The van der Waals surface area contributed by atoms with Crippen molar-refractivity contribution in [3.8, 4) is 11.3 Å². The van der Waals surface area contributed by atoms with Crippen molar-refractivity contribution in [3.63, 3.8) is 0 Å². The van der Waals surface area contributed by atoms with Crippen molar-refractivity contribution < 1.29 is 13.9 Å². The molecule has 0 radical (unpaired) electrons. The predicted octanol–water partition coefficient (Wildman–Crippen LogP) is 4.61. The molecular formula is C21H19FN4O2S. The maximum Gasteiger partial charge on any atom is 0.163 e. The molecule has 4 heterocycles. The summed E-state index contributed by atoms with van der Waals surface area (Å²) in [4.78, 5) is 4.25. The van der Waals surface area contributed by atoms with E-state index in [0.717, 1.165) is 26.7 Å². The smallest absolute Gasteiger partial charge is 0.163 e. The molecule has 0 saturated carbocycles. The minimum atomic E-state index is -0.564. The van der Waals surface area contributed by atoms with E-state index in [1.807, 2.05) is 32.0 Å². The summed E-state index contributed by atoms with van der Waals surface area (Å²) in [5.74, 6) is -0.114. The monoisotopic (exact) mass is 410 g/mol. The second-order valence-corrected chi connectivity index (χ2v) is 8.36.